The van der Waals surface area contributed by atoms with Gasteiger partial charge in [0.15, 0.2) is 0 Å². The molecule has 1 aromatic rings. The summed E-state index contributed by atoms with van der Waals surface area (Å²) in [5.74, 6) is -1.73. The van der Waals surface area contributed by atoms with Crippen LogP contribution in [0.15, 0.2) is 23.8 Å². The van der Waals surface area contributed by atoms with Crippen LogP contribution in [0.4, 0.5) is 5.69 Å². The molecule has 1 rings (SSSR count). The summed E-state index contributed by atoms with van der Waals surface area (Å²) in [6.07, 6.45) is 1.44. The quantitative estimate of drug-likeness (QED) is 0.775. The first-order chi connectivity index (χ1) is 11.1. The molecule has 0 fully saturated rings. The molecule has 0 spiro atoms. The number of carbonyl (C=O) groups excluding carboxylic acids is 2. The highest BCUT2D eigenvalue weighted by molar-refractivity contribution is 8.14. The monoisotopic (exact) mass is 369 g/mol. The number of anilines is 1. The van der Waals surface area contributed by atoms with Crippen LogP contribution in [0.2, 0.25) is 5.02 Å². The molecule has 0 bridgehead atoms. The summed E-state index contributed by atoms with van der Waals surface area (Å²) < 4.78 is 0. The minimum absolute atomic E-state index is 0.138. The van der Waals surface area contributed by atoms with Gasteiger partial charge in [-0.25, -0.2) is 0 Å². The van der Waals surface area contributed by atoms with Crippen LogP contribution >= 0.6 is 23.4 Å². The van der Waals surface area contributed by atoms with E-state index in [0.717, 1.165) is 22.9 Å². The molecule has 130 valence electrons. The molecule has 0 aliphatic carbocycles. The maximum atomic E-state index is 12.5. The number of amides is 1. The molecule has 1 N–H and O–H groups in total. The van der Waals surface area contributed by atoms with Gasteiger partial charge in [-0.3, -0.25) is 19.3 Å². The van der Waals surface area contributed by atoms with Crippen molar-refractivity contribution in [2.24, 2.45) is 0 Å². The van der Waals surface area contributed by atoms with E-state index in [-0.39, 0.29) is 10.9 Å². The van der Waals surface area contributed by atoms with Gasteiger partial charge >= 0.3 is 5.97 Å². The number of hydrogen-bond donors (Lipinski definition) is 1. The van der Waals surface area contributed by atoms with Crippen molar-refractivity contribution in [3.05, 3.63) is 39.9 Å². The number of hydrogen-bond acceptors (Lipinski definition) is 4. The lowest BCUT2D eigenvalue weighted by Crippen LogP contribution is -2.38. The Morgan fingerprint density at radius 1 is 1.25 bits per heavy atom. The van der Waals surface area contributed by atoms with E-state index in [1.54, 1.807) is 39.8 Å². The van der Waals surface area contributed by atoms with Gasteiger partial charge in [0, 0.05) is 5.02 Å². The van der Waals surface area contributed by atoms with Crippen LogP contribution in [-0.4, -0.2) is 34.4 Å². The van der Waals surface area contributed by atoms with E-state index < -0.39 is 18.4 Å². The maximum absolute atomic E-state index is 12.5. The Morgan fingerprint density at radius 2 is 1.88 bits per heavy atom. The number of halogens is 1. The first-order valence-electron chi connectivity index (χ1n) is 7.23. The van der Waals surface area contributed by atoms with Crippen molar-refractivity contribution in [2.45, 2.75) is 27.7 Å². The van der Waals surface area contributed by atoms with Crippen molar-refractivity contribution in [1.29, 1.82) is 0 Å². The first-order valence-corrected chi connectivity index (χ1v) is 8.59. The molecule has 24 heavy (non-hydrogen) atoms. The number of carboxylic acids is 1. The molecule has 0 aliphatic rings. The predicted molar refractivity (Wildman–Crippen MR) is 97.8 cm³/mol. The summed E-state index contributed by atoms with van der Waals surface area (Å²) in [6, 6.07) is 3.43. The molecule has 0 saturated heterocycles. The van der Waals surface area contributed by atoms with Gasteiger partial charge in [-0.1, -0.05) is 35.0 Å². The van der Waals surface area contributed by atoms with Crippen LogP contribution in [0.3, 0.4) is 0 Å². The second-order valence-electron chi connectivity index (χ2n) is 5.54. The minimum Gasteiger partial charge on any atom is -0.480 e. The molecule has 0 aromatic heterocycles. The summed E-state index contributed by atoms with van der Waals surface area (Å²) in [4.78, 5) is 36.6. The summed E-state index contributed by atoms with van der Waals surface area (Å²) in [7, 11) is 0. The van der Waals surface area contributed by atoms with E-state index in [9.17, 15) is 14.4 Å². The van der Waals surface area contributed by atoms with Crippen LogP contribution in [0, 0.1) is 13.8 Å². The van der Waals surface area contributed by atoms with Crippen LogP contribution in [-0.2, 0) is 14.4 Å². The lowest BCUT2D eigenvalue weighted by Gasteiger charge is -2.25. The standard InChI is InChI=1S/C17H20ClNO4S/c1-10(2)7-16(23)24-9-14(20)19(8-15(21)22)17-11(3)5-6-13(18)12(17)4/h5-7H,8-9H2,1-4H3,(H,21,22). The molecule has 1 amide bonds. The average molecular weight is 370 g/mol. The normalized spacial score (nSPS) is 10.2. The van der Waals surface area contributed by atoms with Crippen molar-refractivity contribution in [1.82, 2.24) is 0 Å². The highest BCUT2D eigenvalue weighted by atomic mass is 35.5. The van der Waals surface area contributed by atoms with E-state index in [2.05, 4.69) is 0 Å². The molecule has 0 radical (unpaired) electrons. The van der Waals surface area contributed by atoms with E-state index in [1.807, 2.05) is 0 Å². The van der Waals surface area contributed by atoms with Crippen LogP contribution < -0.4 is 4.90 Å². The number of aliphatic carboxylic acids is 1. The zero-order chi connectivity index (χ0) is 18.4. The smallest absolute Gasteiger partial charge is 0.323 e. The number of benzene rings is 1. The van der Waals surface area contributed by atoms with Crippen molar-refractivity contribution in [2.75, 3.05) is 17.2 Å². The Hall–Kier alpha value is -1.79. The molecule has 0 saturated carbocycles. The highest BCUT2D eigenvalue weighted by Gasteiger charge is 2.23. The van der Waals surface area contributed by atoms with E-state index >= 15 is 0 Å². The second kappa shape index (κ2) is 8.89. The van der Waals surface area contributed by atoms with Gasteiger partial charge in [-0.15, -0.1) is 0 Å². The summed E-state index contributed by atoms with van der Waals surface area (Å²) >= 11 is 6.95. The molecule has 0 unspecified atom stereocenters. The SMILES string of the molecule is CC(C)=CC(=O)SCC(=O)N(CC(=O)O)c1c(C)ccc(Cl)c1C. The van der Waals surface area contributed by atoms with Gasteiger partial charge in [0.25, 0.3) is 0 Å². The fourth-order valence-electron chi connectivity index (χ4n) is 2.14. The van der Waals surface area contributed by atoms with Crippen LogP contribution in [0.1, 0.15) is 25.0 Å². The highest BCUT2D eigenvalue weighted by Crippen LogP contribution is 2.31. The Morgan fingerprint density at radius 3 is 2.42 bits per heavy atom. The summed E-state index contributed by atoms with van der Waals surface area (Å²) in [5.41, 5.74) is 2.69. The molecule has 0 heterocycles. The van der Waals surface area contributed by atoms with E-state index in [4.69, 9.17) is 16.7 Å². The van der Waals surface area contributed by atoms with Gasteiger partial charge in [0.05, 0.1) is 11.4 Å². The number of nitrogens with zero attached hydrogens (tertiary/aromatic N) is 1. The molecular weight excluding hydrogens is 350 g/mol. The second-order valence-corrected chi connectivity index (χ2v) is 6.93. The van der Waals surface area contributed by atoms with Crippen LogP contribution in [0.25, 0.3) is 0 Å². The Kier molecular flexibility index (Phi) is 7.51. The van der Waals surface area contributed by atoms with Crippen molar-refractivity contribution < 1.29 is 19.5 Å². The van der Waals surface area contributed by atoms with Gasteiger partial charge < -0.3 is 5.11 Å². The Bertz CT molecular complexity index is 696. The predicted octanol–water partition coefficient (Wildman–Crippen LogP) is 3.60. The van der Waals surface area contributed by atoms with Gasteiger partial charge in [-0.05, 0) is 51.0 Å². The largest absolute Gasteiger partial charge is 0.480 e. The molecule has 7 heteroatoms. The summed E-state index contributed by atoms with van der Waals surface area (Å²) in [5, 5.41) is 9.34. The van der Waals surface area contributed by atoms with Crippen molar-refractivity contribution in [3.63, 3.8) is 0 Å². The minimum atomic E-state index is -1.14. The topological polar surface area (TPSA) is 74.7 Å². The van der Waals surface area contributed by atoms with Crippen LogP contribution in [0.5, 0.6) is 0 Å². The number of allylic oxidation sites excluding steroid dienone is 1. The molecule has 1 aromatic carbocycles. The lowest BCUT2D eigenvalue weighted by molar-refractivity contribution is -0.136. The number of carbonyl (C=O) groups is 3. The molecule has 5 nitrogen and oxygen atoms in total. The van der Waals surface area contributed by atoms with Gasteiger partial charge in [-0.2, -0.15) is 0 Å². The fraction of sp³-hybridized carbons (Fsp3) is 0.353. The van der Waals surface area contributed by atoms with E-state index in [0.29, 0.717) is 16.3 Å². The third kappa shape index (κ3) is 5.69. The third-order valence-corrected chi connectivity index (χ3v) is 4.38. The maximum Gasteiger partial charge on any atom is 0.323 e. The van der Waals surface area contributed by atoms with Crippen molar-refractivity contribution in [3.8, 4) is 0 Å². The van der Waals surface area contributed by atoms with Crippen molar-refractivity contribution >= 4 is 46.0 Å². The molecule has 0 atom stereocenters. The zero-order valence-corrected chi connectivity index (χ0v) is 15.6. The van der Waals surface area contributed by atoms with E-state index in [1.165, 1.54) is 11.0 Å². The average Bonchev–Trinajstić information content (AvgIpc) is 2.47. The number of rotatable bonds is 6. The number of carboxylic acid groups (broad SMARTS) is 1. The molecular formula is C17H20ClNO4S. The fourth-order valence-corrected chi connectivity index (χ4v) is 3.03. The lowest BCUT2D eigenvalue weighted by atomic mass is 10.1. The first kappa shape index (κ1) is 20.3. The third-order valence-electron chi connectivity index (χ3n) is 3.18. The Labute approximate surface area is 150 Å². The zero-order valence-electron chi connectivity index (χ0n) is 14.1. The summed E-state index contributed by atoms with van der Waals surface area (Å²) in [6.45, 7) is 6.60. The molecule has 0 aliphatic heterocycles. The van der Waals surface area contributed by atoms with Gasteiger partial charge in [0.1, 0.15) is 6.54 Å². The number of thioether (sulfide) groups is 1. The number of aryl methyl sites for hydroxylation is 1. The van der Waals surface area contributed by atoms with Gasteiger partial charge in [0.2, 0.25) is 11.0 Å². The Balaban J connectivity index is 3.08.